The van der Waals surface area contributed by atoms with E-state index in [0.717, 1.165) is 0 Å². The Morgan fingerprint density at radius 2 is 2.50 bits per heavy atom. The van der Waals surface area contributed by atoms with Gasteiger partial charge in [0.25, 0.3) is 0 Å². The number of nitriles is 1. The Balaban J connectivity index is 3.01. The monoisotopic (exact) mass is 164 g/mol. The average molecular weight is 164 g/mol. The summed E-state index contributed by atoms with van der Waals surface area (Å²) in [5, 5.41) is 23.3. The van der Waals surface area contributed by atoms with Gasteiger partial charge in [0.2, 0.25) is 0 Å². The molecule has 0 aliphatic rings. The normalized spacial score (nSPS) is 10.3. The zero-order valence-corrected chi connectivity index (χ0v) is 6.28. The summed E-state index contributed by atoms with van der Waals surface area (Å²) in [6.07, 6.45) is 3.05. The molecule has 0 spiro atoms. The fraction of sp³-hybridized carbons (Fsp3) is 0.143. The maximum Gasteiger partial charge on any atom is 0.163 e. The van der Waals surface area contributed by atoms with Gasteiger partial charge in [-0.05, 0) is 6.08 Å². The van der Waals surface area contributed by atoms with Crippen LogP contribution >= 0.6 is 0 Å². The maximum absolute atomic E-state index is 8.60. The molecule has 0 fully saturated rings. The number of nitrogens with zero attached hydrogens (tertiary/aromatic N) is 2. The molecule has 0 amide bonds. The summed E-state index contributed by atoms with van der Waals surface area (Å²) in [7, 11) is 0. The highest BCUT2D eigenvalue weighted by Crippen LogP contribution is 2.12. The second-order valence-electron chi connectivity index (χ2n) is 2.09. The third-order valence-corrected chi connectivity index (χ3v) is 1.32. The molecule has 12 heavy (non-hydrogen) atoms. The number of nitrogen functional groups attached to an aromatic ring is 1. The number of anilines is 1. The molecule has 0 unspecified atom stereocenters. The predicted octanol–water partition coefficient (Wildman–Crippen LogP) is -0.131. The third-order valence-electron chi connectivity index (χ3n) is 1.32. The molecule has 0 atom stereocenters. The summed E-state index contributed by atoms with van der Waals surface area (Å²) in [4.78, 5) is 0. The summed E-state index contributed by atoms with van der Waals surface area (Å²) < 4.78 is 0. The molecule has 0 bridgehead atoms. The Labute approximate surface area is 69.1 Å². The van der Waals surface area contributed by atoms with Crippen LogP contribution in [-0.2, 0) is 0 Å². The van der Waals surface area contributed by atoms with Crippen LogP contribution in [0.25, 0.3) is 6.08 Å². The number of nitrogens with one attached hydrogen (secondary N) is 1. The Morgan fingerprint density at radius 3 is 3.08 bits per heavy atom. The summed E-state index contributed by atoms with van der Waals surface area (Å²) in [5.74, 6) is 0.176. The number of rotatable bonds is 2. The summed E-state index contributed by atoms with van der Waals surface area (Å²) in [6.45, 7) is -0.0796. The van der Waals surface area contributed by atoms with Gasteiger partial charge in [-0.1, -0.05) is 6.08 Å². The highest BCUT2D eigenvalue weighted by atomic mass is 16.2. The van der Waals surface area contributed by atoms with Crippen molar-refractivity contribution in [2.45, 2.75) is 0 Å². The van der Waals surface area contributed by atoms with E-state index < -0.39 is 0 Å². The molecule has 5 nitrogen and oxygen atoms in total. The van der Waals surface area contributed by atoms with Crippen LogP contribution < -0.4 is 5.73 Å². The number of aromatic nitrogens is 2. The zero-order valence-electron chi connectivity index (χ0n) is 6.28. The van der Waals surface area contributed by atoms with Gasteiger partial charge in [0.05, 0.1) is 12.3 Å². The molecule has 1 aromatic heterocycles. The third kappa shape index (κ3) is 1.44. The van der Waals surface area contributed by atoms with Crippen LogP contribution in [0, 0.1) is 11.3 Å². The molecule has 5 heteroatoms. The van der Waals surface area contributed by atoms with Crippen LogP contribution in [-0.4, -0.2) is 21.9 Å². The Bertz CT molecular complexity index is 334. The number of nitrogens with two attached hydrogens (primary N) is 1. The van der Waals surface area contributed by atoms with E-state index in [1.807, 2.05) is 6.07 Å². The highest BCUT2D eigenvalue weighted by Gasteiger charge is 2.05. The lowest BCUT2D eigenvalue weighted by Gasteiger charge is -1.85. The van der Waals surface area contributed by atoms with E-state index in [2.05, 4.69) is 10.2 Å². The van der Waals surface area contributed by atoms with Crippen molar-refractivity contribution in [3.63, 3.8) is 0 Å². The van der Waals surface area contributed by atoms with Gasteiger partial charge in [0, 0.05) is 0 Å². The molecule has 1 heterocycles. The van der Waals surface area contributed by atoms with Crippen molar-refractivity contribution in [1.82, 2.24) is 10.2 Å². The van der Waals surface area contributed by atoms with Crippen molar-refractivity contribution >= 4 is 11.9 Å². The molecule has 0 aromatic carbocycles. The first-order chi connectivity index (χ1) is 5.79. The molecule has 4 N–H and O–H groups in total. The first kappa shape index (κ1) is 8.30. The second kappa shape index (κ2) is 3.55. The van der Waals surface area contributed by atoms with E-state index in [1.54, 1.807) is 6.08 Å². The minimum absolute atomic E-state index is 0.0796. The van der Waals surface area contributed by atoms with Crippen molar-refractivity contribution in [2.24, 2.45) is 0 Å². The van der Waals surface area contributed by atoms with Gasteiger partial charge in [-0.25, -0.2) is 0 Å². The minimum atomic E-state index is -0.0796. The Hall–Kier alpha value is -1.80. The number of hydrogen-bond acceptors (Lipinski definition) is 4. The Morgan fingerprint density at radius 1 is 1.75 bits per heavy atom. The molecule has 62 valence electrons. The van der Waals surface area contributed by atoms with Crippen molar-refractivity contribution in [2.75, 3.05) is 12.3 Å². The minimum Gasteiger partial charge on any atom is -0.392 e. The van der Waals surface area contributed by atoms with E-state index in [4.69, 9.17) is 16.1 Å². The molecule has 1 aromatic rings. The van der Waals surface area contributed by atoms with Gasteiger partial charge in [-0.3, -0.25) is 5.10 Å². The molecule has 0 radical (unpaired) electrons. The number of H-pyrrole nitrogens is 1. The highest BCUT2D eigenvalue weighted by molar-refractivity contribution is 5.62. The van der Waals surface area contributed by atoms with Gasteiger partial charge < -0.3 is 10.8 Å². The second-order valence-corrected chi connectivity index (χ2v) is 2.09. The molecule has 1 rings (SSSR count). The first-order valence-corrected chi connectivity index (χ1v) is 3.31. The van der Waals surface area contributed by atoms with Crippen LogP contribution in [0.1, 0.15) is 11.3 Å². The number of aliphatic hydroxyl groups is 1. The molecule has 0 aliphatic heterocycles. The fourth-order valence-electron chi connectivity index (χ4n) is 0.779. The lowest BCUT2D eigenvalue weighted by atomic mass is 10.2. The van der Waals surface area contributed by atoms with Gasteiger partial charge in [0.15, 0.2) is 5.82 Å². The zero-order chi connectivity index (χ0) is 8.97. The quantitative estimate of drug-likeness (QED) is 0.566. The average Bonchev–Trinajstić information content (AvgIpc) is 2.43. The Kier molecular flexibility index (Phi) is 2.46. The van der Waals surface area contributed by atoms with Crippen LogP contribution in [0.5, 0.6) is 0 Å². The predicted molar refractivity (Wildman–Crippen MR) is 43.8 cm³/mol. The fourth-order valence-corrected chi connectivity index (χ4v) is 0.779. The first-order valence-electron chi connectivity index (χ1n) is 3.31. The molecule has 0 saturated heterocycles. The summed E-state index contributed by atoms with van der Waals surface area (Å²) >= 11 is 0. The van der Waals surface area contributed by atoms with E-state index in [-0.39, 0.29) is 12.4 Å². The van der Waals surface area contributed by atoms with Crippen molar-refractivity contribution in [3.8, 4) is 6.07 Å². The van der Waals surface area contributed by atoms with E-state index in [0.29, 0.717) is 11.3 Å². The van der Waals surface area contributed by atoms with Gasteiger partial charge >= 0.3 is 0 Å². The van der Waals surface area contributed by atoms with Crippen LogP contribution in [0.2, 0.25) is 0 Å². The smallest absolute Gasteiger partial charge is 0.163 e. The lowest BCUT2D eigenvalue weighted by molar-refractivity contribution is 0.343. The molecular weight excluding hydrogens is 156 g/mol. The topological polar surface area (TPSA) is 98.7 Å². The van der Waals surface area contributed by atoms with E-state index >= 15 is 0 Å². The van der Waals surface area contributed by atoms with Gasteiger partial charge in [-0.15, -0.1) is 0 Å². The van der Waals surface area contributed by atoms with Crippen LogP contribution in [0.4, 0.5) is 5.82 Å². The molecule has 0 aliphatic carbocycles. The van der Waals surface area contributed by atoms with Gasteiger partial charge in [-0.2, -0.15) is 10.4 Å². The standard InChI is InChI=1S/C7H8N4O/c8-4-5-6(2-1-3-12)10-11-7(5)9/h1-2,12H,3H2,(H3,9,10,11). The lowest BCUT2D eigenvalue weighted by Crippen LogP contribution is -1.87. The number of aliphatic hydroxyl groups excluding tert-OH is 1. The van der Waals surface area contributed by atoms with E-state index in [1.165, 1.54) is 6.08 Å². The van der Waals surface area contributed by atoms with Crippen LogP contribution in [0.15, 0.2) is 6.08 Å². The summed E-state index contributed by atoms with van der Waals surface area (Å²) in [5.41, 5.74) is 6.19. The summed E-state index contributed by atoms with van der Waals surface area (Å²) in [6, 6.07) is 1.90. The van der Waals surface area contributed by atoms with E-state index in [9.17, 15) is 0 Å². The van der Waals surface area contributed by atoms with Crippen molar-refractivity contribution in [3.05, 3.63) is 17.3 Å². The van der Waals surface area contributed by atoms with Crippen molar-refractivity contribution in [1.29, 1.82) is 5.26 Å². The maximum atomic E-state index is 8.60. The molecule has 0 saturated carbocycles. The van der Waals surface area contributed by atoms with Crippen molar-refractivity contribution < 1.29 is 5.11 Å². The van der Waals surface area contributed by atoms with Gasteiger partial charge in [0.1, 0.15) is 11.6 Å². The van der Waals surface area contributed by atoms with Crippen LogP contribution in [0.3, 0.4) is 0 Å². The number of aromatic amines is 1. The SMILES string of the molecule is N#Cc1c(N)n[nH]c1C=CCO. The largest absolute Gasteiger partial charge is 0.392 e. The number of hydrogen-bond donors (Lipinski definition) is 3. The molecular formula is C7H8N4O.